The van der Waals surface area contributed by atoms with Crippen molar-refractivity contribution in [2.24, 2.45) is 0 Å². The first-order chi connectivity index (χ1) is 9.94. The number of carbonyl (C=O) groups is 2. The molecule has 1 aromatic heterocycles. The lowest BCUT2D eigenvalue weighted by Gasteiger charge is -2.05. The van der Waals surface area contributed by atoms with Gasteiger partial charge in [0.2, 0.25) is 11.0 Å². The largest absolute Gasteiger partial charge is 0.343 e. The van der Waals surface area contributed by atoms with Crippen LogP contribution in [0.1, 0.15) is 16.2 Å². The standard InChI is InChI=1S/C12H10F2N4O2S/c1-6-16-12(21-18-6)17-10(19)5-15-11(20)7-2-8(13)4-9(14)3-7/h2-4H,5H2,1H3,(H,15,20)(H,16,17,18,19). The van der Waals surface area contributed by atoms with E-state index >= 15 is 0 Å². The monoisotopic (exact) mass is 312 g/mol. The first-order valence-corrected chi connectivity index (χ1v) is 6.56. The number of aryl methyl sites for hydroxylation is 1. The lowest BCUT2D eigenvalue weighted by atomic mass is 10.2. The molecule has 0 atom stereocenters. The summed E-state index contributed by atoms with van der Waals surface area (Å²) in [5.41, 5.74) is -0.202. The Morgan fingerprint density at radius 1 is 1.24 bits per heavy atom. The fourth-order valence-corrected chi connectivity index (χ4v) is 2.05. The molecule has 6 nitrogen and oxygen atoms in total. The summed E-state index contributed by atoms with van der Waals surface area (Å²) < 4.78 is 29.8. The van der Waals surface area contributed by atoms with E-state index in [1.54, 1.807) is 6.92 Å². The summed E-state index contributed by atoms with van der Waals surface area (Å²) in [7, 11) is 0. The van der Waals surface area contributed by atoms with Crippen molar-refractivity contribution in [2.75, 3.05) is 11.9 Å². The second kappa shape index (κ2) is 6.35. The van der Waals surface area contributed by atoms with Crippen molar-refractivity contribution < 1.29 is 18.4 Å². The molecule has 1 aromatic carbocycles. The Hall–Kier alpha value is -2.42. The highest BCUT2D eigenvalue weighted by Gasteiger charge is 2.11. The summed E-state index contributed by atoms with van der Waals surface area (Å²) in [6.45, 7) is 1.32. The Labute approximate surface area is 122 Å². The first-order valence-electron chi connectivity index (χ1n) is 5.78. The summed E-state index contributed by atoms with van der Waals surface area (Å²) in [5, 5.41) is 5.00. The number of hydrogen-bond donors (Lipinski definition) is 2. The Morgan fingerprint density at radius 3 is 2.48 bits per heavy atom. The Bertz CT molecular complexity index is 669. The number of benzene rings is 1. The van der Waals surface area contributed by atoms with Gasteiger partial charge in [0.15, 0.2) is 0 Å². The molecule has 21 heavy (non-hydrogen) atoms. The molecule has 2 N–H and O–H groups in total. The minimum absolute atomic E-state index is 0.202. The molecule has 110 valence electrons. The lowest BCUT2D eigenvalue weighted by Crippen LogP contribution is -2.32. The highest BCUT2D eigenvalue weighted by Crippen LogP contribution is 2.10. The summed E-state index contributed by atoms with van der Waals surface area (Å²) >= 11 is 1.01. The number of rotatable bonds is 4. The Balaban J connectivity index is 1.90. The number of halogens is 2. The maximum Gasteiger partial charge on any atom is 0.251 e. The van der Waals surface area contributed by atoms with E-state index in [9.17, 15) is 18.4 Å². The van der Waals surface area contributed by atoms with E-state index in [0.29, 0.717) is 17.0 Å². The fourth-order valence-electron chi connectivity index (χ4n) is 1.46. The zero-order chi connectivity index (χ0) is 15.4. The van der Waals surface area contributed by atoms with E-state index in [1.165, 1.54) is 0 Å². The number of nitrogens with one attached hydrogen (secondary N) is 2. The average molecular weight is 312 g/mol. The van der Waals surface area contributed by atoms with E-state index < -0.39 is 23.4 Å². The van der Waals surface area contributed by atoms with Crippen LogP contribution in [0.15, 0.2) is 18.2 Å². The SMILES string of the molecule is Cc1nsc(NC(=O)CNC(=O)c2cc(F)cc(F)c2)n1. The molecule has 1 heterocycles. The van der Waals surface area contributed by atoms with Gasteiger partial charge in [-0.15, -0.1) is 0 Å². The topological polar surface area (TPSA) is 84.0 Å². The highest BCUT2D eigenvalue weighted by atomic mass is 32.1. The van der Waals surface area contributed by atoms with E-state index in [0.717, 1.165) is 23.7 Å². The first kappa shape index (κ1) is 15.0. The number of anilines is 1. The van der Waals surface area contributed by atoms with Gasteiger partial charge in [-0.25, -0.2) is 13.8 Å². The summed E-state index contributed by atoms with van der Waals surface area (Å²) in [4.78, 5) is 27.1. The van der Waals surface area contributed by atoms with Gasteiger partial charge in [-0.3, -0.25) is 14.9 Å². The van der Waals surface area contributed by atoms with Gasteiger partial charge in [-0.05, 0) is 19.1 Å². The van der Waals surface area contributed by atoms with Gasteiger partial charge >= 0.3 is 0 Å². The van der Waals surface area contributed by atoms with Crippen LogP contribution in [-0.2, 0) is 4.79 Å². The molecular weight excluding hydrogens is 302 g/mol. The third kappa shape index (κ3) is 4.28. The van der Waals surface area contributed by atoms with E-state index in [2.05, 4.69) is 20.0 Å². The van der Waals surface area contributed by atoms with Crippen molar-refractivity contribution in [2.45, 2.75) is 6.92 Å². The number of hydrogen-bond acceptors (Lipinski definition) is 5. The second-order valence-corrected chi connectivity index (χ2v) is 4.79. The fraction of sp³-hybridized carbons (Fsp3) is 0.167. The number of aromatic nitrogens is 2. The van der Waals surface area contributed by atoms with Crippen LogP contribution in [0.2, 0.25) is 0 Å². The highest BCUT2D eigenvalue weighted by molar-refractivity contribution is 7.09. The molecule has 2 aromatic rings. The van der Waals surface area contributed by atoms with E-state index in [1.807, 2.05) is 0 Å². The van der Waals surface area contributed by atoms with Crippen molar-refractivity contribution >= 4 is 28.5 Å². The van der Waals surface area contributed by atoms with Crippen molar-refractivity contribution in [3.8, 4) is 0 Å². The predicted molar refractivity (Wildman–Crippen MR) is 72.0 cm³/mol. The van der Waals surface area contributed by atoms with Gasteiger partial charge in [0.1, 0.15) is 17.5 Å². The van der Waals surface area contributed by atoms with Crippen LogP contribution in [0.5, 0.6) is 0 Å². The third-order valence-corrected chi connectivity index (χ3v) is 3.03. The normalized spacial score (nSPS) is 10.2. The second-order valence-electron chi connectivity index (χ2n) is 4.04. The molecule has 0 saturated heterocycles. The molecule has 0 aliphatic heterocycles. The molecular formula is C12H10F2N4O2S. The van der Waals surface area contributed by atoms with Gasteiger partial charge in [0, 0.05) is 23.2 Å². The molecule has 9 heteroatoms. The number of nitrogens with zero attached hydrogens (tertiary/aromatic N) is 2. The molecule has 0 radical (unpaired) electrons. The smallest absolute Gasteiger partial charge is 0.251 e. The van der Waals surface area contributed by atoms with Crippen LogP contribution in [-0.4, -0.2) is 27.7 Å². The zero-order valence-electron chi connectivity index (χ0n) is 10.8. The minimum Gasteiger partial charge on any atom is -0.343 e. The van der Waals surface area contributed by atoms with Crippen molar-refractivity contribution in [1.29, 1.82) is 0 Å². The van der Waals surface area contributed by atoms with Gasteiger partial charge in [0.05, 0.1) is 6.54 Å². The van der Waals surface area contributed by atoms with Crippen LogP contribution in [0.3, 0.4) is 0 Å². The molecule has 0 aliphatic carbocycles. The van der Waals surface area contributed by atoms with Crippen LogP contribution in [0, 0.1) is 18.6 Å². The van der Waals surface area contributed by atoms with Crippen LogP contribution in [0.25, 0.3) is 0 Å². The van der Waals surface area contributed by atoms with Crippen LogP contribution < -0.4 is 10.6 Å². The average Bonchev–Trinajstić information content (AvgIpc) is 2.80. The number of carbonyl (C=O) groups excluding carboxylic acids is 2. The van der Waals surface area contributed by atoms with Crippen molar-refractivity contribution in [3.05, 3.63) is 41.2 Å². The molecule has 0 unspecified atom stereocenters. The summed E-state index contributed by atoms with van der Waals surface area (Å²) in [5.74, 6) is -2.48. The van der Waals surface area contributed by atoms with E-state index in [-0.39, 0.29) is 12.1 Å². The van der Waals surface area contributed by atoms with Gasteiger partial charge in [-0.1, -0.05) is 0 Å². The molecule has 2 rings (SSSR count). The number of amides is 2. The van der Waals surface area contributed by atoms with E-state index in [4.69, 9.17) is 0 Å². The zero-order valence-corrected chi connectivity index (χ0v) is 11.6. The maximum atomic E-state index is 13.0. The van der Waals surface area contributed by atoms with Crippen molar-refractivity contribution in [3.63, 3.8) is 0 Å². The van der Waals surface area contributed by atoms with Gasteiger partial charge < -0.3 is 5.32 Å². The lowest BCUT2D eigenvalue weighted by molar-refractivity contribution is -0.115. The summed E-state index contributed by atoms with van der Waals surface area (Å²) in [6.07, 6.45) is 0. The van der Waals surface area contributed by atoms with Gasteiger partial charge in [-0.2, -0.15) is 4.37 Å². The molecule has 0 fully saturated rings. The molecule has 2 amide bonds. The van der Waals surface area contributed by atoms with Crippen molar-refractivity contribution in [1.82, 2.24) is 14.7 Å². The molecule has 0 saturated carbocycles. The van der Waals surface area contributed by atoms with Crippen LogP contribution in [0.4, 0.5) is 13.9 Å². The quantitative estimate of drug-likeness (QED) is 0.896. The van der Waals surface area contributed by atoms with Gasteiger partial charge in [0.25, 0.3) is 5.91 Å². The predicted octanol–water partition coefficient (Wildman–Crippen LogP) is 1.49. The molecule has 0 aliphatic rings. The summed E-state index contributed by atoms with van der Waals surface area (Å²) in [6, 6.07) is 2.41. The Morgan fingerprint density at radius 2 is 1.90 bits per heavy atom. The van der Waals surface area contributed by atoms with Crippen LogP contribution >= 0.6 is 11.5 Å². The molecule has 0 bridgehead atoms. The minimum atomic E-state index is -0.867. The molecule has 0 spiro atoms. The third-order valence-electron chi connectivity index (χ3n) is 2.31. The maximum absolute atomic E-state index is 13.0. The Kier molecular flexibility index (Phi) is 4.53.